The highest BCUT2D eigenvalue weighted by Crippen LogP contribution is 2.21. The first kappa shape index (κ1) is 11.4. The fourth-order valence-corrected chi connectivity index (χ4v) is 1.97. The van der Waals surface area contributed by atoms with Crippen molar-refractivity contribution in [2.24, 2.45) is 0 Å². The molecule has 0 fully saturated rings. The Bertz CT molecular complexity index is 780. The molecular weight excluding hydrogens is 247 g/mol. The average Bonchev–Trinajstić information content (AvgIpc) is 2.81. The Morgan fingerprint density at radius 1 is 1.26 bits per heavy atom. The van der Waals surface area contributed by atoms with Crippen LogP contribution in [0.5, 0.6) is 0 Å². The smallest absolute Gasteiger partial charge is 0.335 e. The quantitative estimate of drug-likeness (QED) is 0.767. The van der Waals surface area contributed by atoms with Gasteiger partial charge in [-0.3, -0.25) is 4.40 Å². The maximum atomic E-state index is 13.2. The number of carbonyl (C=O) groups is 1. The Morgan fingerprint density at radius 3 is 2.84 bits per heavy atom. The van der Waals surface area contributed by atoms with Crippen molar-refractivity contribution in [3.8, 4) is 11.4 Å². The van der Waals surface area contributed by atoms with Gasteiger partial charge in [-0.15, -0.1) is 0 Å². The van der Waals surface area contributed by atoms with Gasteiger partial charge in [-0.25, -0.2) is 14.2 Å². The molecule has 19 heavy (non-hydrogen) atoms. The summed E-state index contributed by atoms with van der Waals surface area (Å²) in [4.78, 5) is 15.1. The molecule has 1 N–H and O–H groups in total. The molecule has 0 unspecified atom stereocenters. The SMILES string of the molecule is O=C(O)c1ccn2c(-c3cccc(F)c3)ncc2c1. The average molecular weight is 256 g/mol. The monoisotopic (exact) mass is 256 g/mol. The molecule has 0 aliphatic rings. The lowest BCUT2D eigenvalue weighted by Gasteiger charge is -2.02. The number of nitrogens with zero attached hydrogens (tertiary/aromatic N) is 2. The number of carboxylic acids is 1. The summed E-state index contributed by atoms with van der Waals surface area (Å²) < 4.78 is 14.9. The zero-order valence-corrected chi connectivity index (χ0v) is 9.75. The first-order valence-corrected chi connectivity index (χ1v) is 5.61. The van der Waals surface area contributed by atoms with Crippen LogP contribution in [-0.2, 0) is 0 Å². The maximum absolute atomic E-state index is 13.2. The van der Waals surface area contributed by atoms with E-state index in [2.05, 4.69) is 4.98 Å². The molecular formula is C14H9FN2O2. The molecule has 3 aromatic rings. The van der Waals surface area contributed by atoms with Gasteiger partial charge in [0.05, 0.1) is 17.3 Å². The van der Waals surface area contributed by atoms with E-state index in [0.29, 0.717) is 16.9 Å². The number of halogens is 1. The summed E-state index contributed by atoms with van der Waals surface area (Å²) in [5.41, 5.74) is 1.49. The van der Waals surface area contributed by atoms with Crippen LogP contribution in [0.4, 0.5) is 4.39 Å². The predicted molar refractivity (Wildman–Crippen MR) is 67.5 cm³/mol. The second-order valence-electron chi connectivity index (χ2n) is 4.11. The van der Waals surface area contributed by atoms with Gasteiger partial charge in [-0.05, 0) is 24.3 Å². The fourth-order valence-electron chi connectivity index (χ4n) is 1.97. The van der Waals surface area contributed by atoms with E-state index in [1.165, 1.54) is 24.3 Å². The minimum atomic E-state index is -0.990. The number of hydrogen-bond acceptors (Lipinski definition) is 2. The van der Waals surface area contributed by atoms with E-state index in [9.17, 15) is 9.18 Å². The summed E-state index contributed by atoms with van der Waals surface area (Å²) in [6.45, 7) is 0. The van der Waals surface area contributed by atoms with Crippen molar-refractivity contribution in [2.75, 3.05) is 0 Å². The molecule has 94 valence electrons. The molecule has 1 aromatic carbocycles. The first-order chi connectivity index (χ1) is 9.15. The number of benzene rings is 1. The molecule has 0 bridgehead atoms. The number of hydrogen-bond donors (Lipinski definition) is 1. The molecule has 0 atom stereocenters. The maximum Gasteiger partial charge on any atom is 0.335 e. The molecule has 0 saturated carbocycles. The molecule has 5 heteroatoms. The van der Waals surface area contributed by atoms with Crippen LogP contribution in [0.1, 0.15) is 10.4 Å². The van der Waals surface area contributed by atoms with Gasteiger partial charge in [0.2, 0.25) is 0 Å². The number of aromatic nitrogens is 2. The highest BCUT2D eigenvalue weighted by atomic mass is 19.1. The van der Waals surface area contributed by atoms with Crippen molar-refractivity contribution in [1.82, 2.24) is 9.38 Å². The summed E-state index contributed by atoms with van der Waals surface area (Å²) in [6, 6.07) is 9.12. The molecule has 0 aliphatic heterocycles. The van der Waals surface area contributed by atoms with Gasteiger partial charge >= 0.3 is 5.97 Å². The third kappa shape index (κ3) is 1.95. The van der Waals surface area contributed by atoms with Gasteiger partial charge in [0.15, 0.2) is 0 Å². The van der Waals surface area contributed by atoms with Crippen LogP contribution in [0.15, 0.2) is 48.8 Å². The third-order valence-electron chi connectivity index (χ3n) is 2.86. The van der Waals surface area contributed by atoms with Crippen LogP contribution in [0, 0.1) is 5.82 Å². The lowest BCUT2D eigenvalue weighted by Crippen LogP contribution is -1.97. The largest absolute Gasteiger partial charge is 0.478 e. The van der Waals surface area contributed by atoms with Crippen molar-refractivity contribution in [1.29, 1.82) is 0 Å². The summed E-state index contributed by atoms with van der Waals surface area (Å²) in [5, 5.41) is 8.93. The van der Waals surface area contributed by atoms with Crippen molar-refractivity contribution < 1.29 is 14.3 Å². The number of aromatic carboxylic acids is 1. The van der Waals surface area contributed by atoms with E-state index >= 15 is 0 Å². The van der Waals surface area contributed by atoms with Crippen LogP contribution >= 0.6 is 0 Å². The summed E-state index contributed by atoms with van der Waals surface area (Å²) in [7, 11) is 0. The van der Waals surface area contributed by atoms with Crippen LogP contribution in [0.2, 0.25) is 0 Å². The van der Waals surface area contributed by atoms with Gasteiger partial charge in [-0.2, -0.15) is 0 Å². The molecule has 0 aliphatic carbocycles. The number of rotatable bonds is 2. The Labute approximate surface area is 107 Å². The highest BCUT2D eigenvalue weighted by Gasteiger charge is 2.09. The van der Waals surface area contributed by atoms with Gasteiger partial charge in [0.25, 0.3) is 0 Å². The standard InChI is InChI=1S/C14H9FN2O2/c15-11-3-1-2-9(6-11)13-16-8-12-7-10(14(18)19)4-5-17(12)13/h1-8H,(H,18,19). The van der Waals surface area contributed by atoms with E-state index in [1.54, 1.807) is 28.9 Å². The van der Waals surface area contributed by atoms with Gasteiger partial charge < -0.3 is 5.11 Å². The molecule has 4 nitrogen and oxygen atoms in total. The number of pyridine rings is 1. The number of carboxylic acid groups (broad SMARTS) is 1. The van der Waals surface area contributed by atoms with Crippen molar-refractivity contribution in [3.63, 3.8) is 0 Å². The second-order valence-corrected chi connectivity index (χ2v) is 4.11. The molecule has 0 amide bonds. The Hall–Kier alpha value is -2.69. The summed E-state index contributed by atoms with van der Waals surface area (Å²) >= 11 is 0. The van der Waals surface area contributed by atoms with Gasteiger partial charge in [-0.1, -0.05) is 12.1 Å². The lowest BCUT2D eigenvalue weighted by molar-refractivity contribution is 0.0697. The van der Waals surface area contributed by atoms with Crippen molar-refractivity contribution >= 4 is 11.5 Å². The normalized spacial score (nSPS) is 10.8. The van der Waals surface area contributed by atoms with Gasteiger partial charge in [0, 0.05) is 11.8 Å². The van der Waals surface area contributed by atoms with Crippen molar-refractivity contribution in [2.45, 2.75) is 0 Å². The summed E-state index contributed by atoms with van der Waals surface area (Å²) in [5.74, 6) is -0.751. The van der Waals surface area contributed by atoms with E-state index in [4.69, 9.17) is 5.11 Å². The molecule has 0 radical (unpaired) electrons. The molecule has 0 spiro atoms. The number of imidazole rings is 1. The van der Waals surface area contributed by atoms with E-state index in [-0.39, 0.29) is 11.4 Å². The Morgan fingerprint density at radius 2 is 2.11 bits per heavy atom. The topological polar surface area (TPSA) is 54.6 Å². The van der Waals surface area contributed by atoms with Crippen LogP contribution < -0.4 is 0 Å². The van der Waals surface area contributed by atoms with Crippen molar-refractivity contribution in [3.05, 3.63) is 60.2 Å². The van der Waals surface area contributed by atoms with Crippen LogP contribution in [0.25, 0.3) is 16.9 Å². The third-order valence-corrected chi connectivity index (χ3v) is 2.86. The lowest BCUT2D eigenvalue weighted by atomic mass is 10.2. The minimum absolute atomic E-state index is 0.193. The molecule has 0 saturated heterocycles. The number of fused-ring (bicyclic) bond motifs is 1. The van der Waals surface area contributed by atoms with E-state index < -0.39 is 5.97 Å². The predicted octanol–water partition coefficient (Wildman–Crippen LogP) is 2.84. The highest BCUT2D eigenvalue weighted by molar-refractivity contribution is 5.89. The Balaban J connectivity index is 2.18. The molecule has 2 aromatic heterocycles. The van der Waals surface area contributed by atoms with Gasteiger partial charge in [0.1, 0.15) is 11.6 Å². The van der Waals surface area contributed by atoms with E-state index in [0.717, 1.165) is 0 Å². The van der Waals surface area contributed by atoms with Crippen LogP contribution in [0.3, 0.4) is 0 Å². The molecule has 3 rings (SSSR count). The van der Waals surface area contributed by atoms with E-state index in [1.807, 2.05) is 0 Å². The fraction of sp³-hybridized carbons (Fsp3) is 0. The zero-order valence-electron chi connectivity index (χ0n) is 9.75. The minimum Gasteiger partial charge on any atom is -0.478 e. The molecule has 2 heterocycles. The van der Waals surface area contributed by atoms with Crippen LogP contribution in [-0.4, -0.2) is 20.5 Å². The zero-order chi connectivity index (χ0) is 13.4. The summed E-state index contributed by atoms with van der Waals surface area (Å²) in [6.07, 6.45) is 3.18. The second kappa shape index (κ2) is 4.20. The Kier molecular flexibility index (Phi) is 2.52. The first-order valence-electron chi connectivity index (χ1n) is 5.61.